The normalized spacial score (nSPS) is 9.53. The lowest BCUT2D eigenvalue weighted by Crippen LogP contribution is -2.30. The van der Waals surface area contributed by atoms with Crippen molar-refractivity contribution < 1.29 is 14.3 Å². The van der Waals surface area contributed by atoms with Gasteiger partial charge in [0.1, 0.15) is 5.75 Å². The number of nitrogens with one attached hydrogen (secondary N) is 2. The monoisotopic (exact) mass is 237 g/mol. The van der Waals surface area contributed by atoms with Crippen LogP contribution in [-0.4, -0.2) is 18.9 Å². The Bertz CT molecular complexity index is 389. The van der Waals surface area contributed by atoms with Gasteiger partial charge in [-0.05, 0) is 24.3 Å². The molecule has 1 aromatic carbocycles. The van der Waals surface area contributed by atoms with E-state index in [1.54, 1.807) is 31.4 Å². The van der Waals surface area contributed by atoms with Crippen LogP contribution in [0, 0.1) is 0 Å². The standard InChI is InChI=1S/C11H15N3O3/c1-17-9-4-2-8(3-5-9)13-10(15)6-7-11(16)14-12/h2-5H,6-7,12H2,1H3,(H,13,15)(H,14,16). The zero-order chi connectivity index (χ0) is 12.7. The van der Waals surface area contributed by atoms with Crippen molar-refractivity contribution in [3.63, 3.8) is 0 Å². The van der Waals surface area contributed by atoms with Crippen LogP contribution in [0.4, 0.5) is 5.69 Å². The van der Waals surface area contributed by atoms with Gasteiger partial charge in [0.25, 0.3) is 0 Å². The van der Waals surface area contributed by atoms with Gasteiger partial charge in [-0.3, -0.25) is 15.0 Å². The molecular formula is C11H15N3O3. The predicted octanol–water partition coefficient (Wildman–Crippen LogP) is 0.404. The van der Waals surface area contributed by atoms with E-state index < -0.39 is 0 Å². The number of hydrogen-bond acceptors (Lipinski definition) is 4. The highest BCUT2D eigenvalue weighted by molar-refractivity contribution is 5.93. The lowest BCUT2D eigenvalue weighted by molar-refractivity contribution is -0.124. The minimum atomic E-state index is -0.366. The zero-order valence-corrected chi connectivity index (χ0v) is 9.53. The second kappa shape index (κ2) is 6.49. The summed E-state index contributed by atoms with van der Waals surface area (Å²) >= 11 is 0. The maximum Gasteiger partial charge on any atom is 0.234 e. The number of amides is 2. The van der Waals surface area contributed by atoms with Crippen molar-refractivity contribution in [1.29, 1.82) is 0 Å². The summed E-state index contributed by atoms with van der Waals surface area (Å²) in [6, 6.07) is 6.92. The number of hydrazine groups is 1. The van der Waals surface area contributed by atoms with Gasteiger partial charge in [0.05, 0.1) is 7.11 Å². The number of anilines is 1. The number of benzene rings is 1. The van der Waals surface area contributed by atoms with Crippen LogP contribution in [0.25, 0.3) is 0 Å². The molecule has 0 aliphatic rings. The molecule has 0 aromatic heterocycles. The Labute approximate surface area is 99.1 Å². The Kier molecular flexibility index (Phi) is 4.96. The van der Waals surface area contributed by atoms with E-state index in [-0.39, 0.29) is 24.7 Å². The van der Waals surface area contributed by atoms with Crippen LogP contribution in [0.15, 0.2) is 24.3 Å². The van der Waals surface area contributed by atoms with Crippen LogP contribution in [0.3, 0.4) is 0 Å². The average molecular weight is 237 g/mol. The fraction of sp³-hybridized carbons (Fsp3) is 0.273. The van der Waals surface area contributed by atoms with Crippen molar-refractivity contribution in [2.24, 2.45) is 5.84 Å². The molecule has 1 aromatic rings. The van der Waals surface area contributed by atoms with Crippen molar-refractivity contribution in [3.8, 4) is 5.75 Å². The van der Waals surface area contributed by atoms with E-state index in [2.05, 4.69) is 5.32 Å². The molecule has 0 saturated heterocycles. The molecule has 0 spiro atoms. The van der Waals surface area contributed by atoms with Gasteiger partial charge in [0, 0.05) is 18.5 Å². The highest BCUT2D eigenvalue weighted by Crippen LogP contribution is 2.15. The first-order valence-electron chi connectivity index (χ1n) is 5.09. The number of methoxy groups -OCH3 is 1. The lowest BCUT2D eigenvalue weighted by atomic mass is 10.2. The first-order valence-corrected chi connectivity index (χ1v) is 5.09. The first-order chi connectivity index (χ1) is 8.15. The Morgan fingerprint density at radius 1 is 1.18 bits per heavy atom. The third-order valence-corrected chi connectivity index (χ3v) is 2.11. The van der Waals surface area contributed by atoms with Crippen molar-refractivity contribution in [3.05, 3.63) is 24.3 Å². The van der Waals surface area contributed by atoms with E-state index >= 15 is 0 Å². The summed E-state index contributed by atoms with van der Waals surface area (Å²) in [5.74, 6) is 5.01. The molecule has 0 unspecified atom stereocenters. The fourth-order valence-corrected chi connectivity index (χ4v) is 1.20. The molecule has 0 aliphatic heterocycles. The van der Waals surface area contributed by atoms with E-state index in [1.165, 1.54) is 0 Å². The number of ether oxygens (including phenoxy) is 1. The third-order valence-electron chi connectivity index (χ3n) is 2.11. The second-order valence-corrected chi connectivity index (χ2v) is 3.34. The zero-order valence-electron chi connectivity index (χ0n) is 9.53. The number of rotatable bonds is 5. The van der Waals surface area contributed by atoms with Crippen LogP contribution in [0.1, 0.15) is 12.8 Å². The maximum atomic E-state index is 11.4. The fourth-order valence-electron chi connectivity index (χ4n) is 1.20. The van der Waals surface area contributed by atoms with Crippen LogP contribution in [-0.2, 0) is 9.59 Å². The van der Waals surface area contributed by atoms with Gasteiger partial charge in [-0.15, -0.1) is 0 Å². The van der Waals surface area contributed by atoms with E-state index in [0.717, 1.165) is 0 Å². The molecule has 0 atom stereocenters. The largest absolute Gasteiger partial charge is 0.497 e. The summed E-state index contributed by atoms with van der Waals surface area (Å²) < 4.78 is 4.99. The maximum absolute atomic E-state index is 11.4. The van der Waals surface area contributed by atoms with Crippen LogP contribution >= 0.6 is 0 Å². The number of carbonyl (C=O) groups is 2. The molecule has 2 amide bonds. The molecule has 4 N–H and O–H groups in total. The highest BCUT2D eigenvalue weighted by atomic mass is 16.5. The van der Waals surface area contributed by atoms with Crippen LogP contribution in [0.5, 0.6) is 5.75 Å². The summed E-state index contributed by atoms with van der Waals surface area (Å²) in [5, 5.41) is 2.66. The summed E-state index contributed by atoms with van der Waals surface area (Å²) in [4.78, 5) is 22.2. The van der Waals surface area contributed by atoms with Crippen LogP contribution in [0.2, 0.25) is 0 Å². The Hall–Kier alpha value is -2.08. The molecule has 1 rings (SSSR count). The van der Waals surface area contributed by atoms with Gasteiger partial charge < -0.3 is 10.1 Å². The van der Waals surface area contributed by atoms with E-state index in [4.69, 9.17) is 10.6 Å². The topological polar surface area (TPSA) is 93.4 Å². The summed E-state index contributed by atoms with van der Waals surface area (Å²) in [5.41, 5.74) is 2.62. The molecule has 92 valence electrons. The average Bonchev–Trinajstić information content (AvgIpc) is 2.36. The van der Waals surface area contributed by atoms with Crippen LogP contribution < -0.4 is 21.3 Å². The molecule has 0 heterocycles. The molecule has 0 fully saturated rings. The molecule has 6 nitrogen and oxygen atoms in total. The number of carbonyl (C=O) groups excluding carboxylic acids is 2. The minimum absolute atomic E-state index is 0.0679. The van der Waals surface area contributed by atoms with Gasteiger partial charge in [-0.2, -0.15) is 0 Å². The van der Waals surface area contributed by atoms with E-state index in [0.29, 0.717) is 11.4 Å². The predicted molar refractivity (Wildman–Crippen MR) is 63.2 cm³/mol. The highest BCUT2D eigenvalue weighted by Gasteiger charge is 2.05. The van der Waals surface area contributed by atoms with E-state index in [9.17, 15) is 9.59 Å². The number of nitrogens with two attached hydrogens (primary N) is 1. The lowest BCUT2D eigenvalue weighted by Gasteiger charge is -2.05. The van der Waals surface area contributed by atoms with Crippen molar-refractivity contribution in [1.82, 2.24) is 5.43 Å². The van der Waals surface area contributed by atoms with Crippen molar-refractivity contribution in [2.75, 3.05) is 12.4 Å². The van der Waals surface area contributed by atoms with Gasteiger partial charge in [0.15, 0.2) is 0 Å². The molecule has 0 bridgehead atoms. The molecular weight excluding hydrogens is 222 g/mol. The Morgan fingerprint density at radius 3 is 2.29 bits per heavy atom. The van der Waals surface area contributed by atoms with E-state index in [1.807, 2.05) is 5.43 Å². The molecule has 17 heavy (non-hydrogen) atoms. The third kappa shape index (κ3) is 4.52. The summed E-state index contributed by atoms with van der Waals surface area (Å²) in [7, 11) is 1.57. The Balaban J connectivity index is 2.42. The molecule has 0 saturated carbocycles. The quantitative estimate of drug-likeness (QED) is 0.392. The minimum Gasteiger partial charge on any atom is -0.497 e. The summed E-state index contributed by atoms with van der Waals surface area (Å²) in [6.07, 6.45) is 0.160. The Morgan fingerprint density at radius 2 is 1.76 bits per heavy atom. The van der Waals surface area contributed by atoms with Gasteiger partial charge in [-0.25, -0.2) is 5.84 Å². The van der Waals surface area contributed by atoms with Gasteiger partial charge in [-0.1, -0.05) is 0 Å². The summed E-state index contributed by atoms with van der Waals surface area (Å²) in [6.45, 7) is 0. The molecule has 0 aliphatic carbocycles. The smallest absolute Gasteiger partial charge is 0.234 e. The SMILES string of the molecule is COc1ccc(NC(=O)CCC(=O)NN)cc1. The van der Waals surface area contributed by atoms with Crippen molar-refractivity contribution >= 4 is 17.5 Å². The van der Waals surface area contributed by atoms with Gasteiger partial charge >= 0.3 is 0 Å². The van der Waals surface area contributed by atoms with Crippen molar-refractivity contribution in [2.45, 2.75) is 12.8 Å². The molecule has 0 radical (unpaired) electrons. The number of hydrogen-bond donors (Lipinski definition) is 3. The second-order valence-electron chi connectivity index (χ2n) is 3.34. The molecule has 6 heteroatoms. The van der Waals surface area contributed by atoms with Gasteiger partial charge in [0.2, 0.25) is 11.8 Å². The first kappa shape index (κ1) is 13.0.